The highest BCUT2D eigenvalue weighted by molar-refractivity contribution is 5.97. The molecular formula is C17H23N3O. The Labute approximate surface area is 126 Å². The topological polar surface area (TPSA) is 64.9 Å². The molecule has 0 spiro atoms. The van der Waals surface area contributed by atoms with Gasteiger partial charge in [0.15, 0.2) is 0 Å². The molecule has 4 nitrogen and oxygen atoms in total. The van der Waals surface area contributed by atoms with Crippen LogP contribution in [0.5, 0.6) is 0 Å². The minimum atomic E-state index is -0.375. The third kappa shape index (κ3) is 5.31. The maximum atomic E-state index is 12.0. The number of amides is 1. The van der Waals surface area contributed by atoms with Crippen molar-refractivity contribution >= 4 is 11.6 Å². The Kier molecular flexibility index (Phi) is 5.54. The van der Waals surface area contributed by atoms with E-state index in [0.717, 1.165) is 11.3 Å². The zero-order valence-electron chi connectivity index (χ0n) is 13.3. The van der Waals surface area contributed by atoms with Gasteiger partial charge in [0, 0.05) is 17.4 Å². The largest absolute Gasteiger partial charge is 0.360 e. The van der Waals surface area contributed by atoms with Crippen LogP contribution in [-0.4, -0.2) is 11.4 Å². The first-order chi connectivity index (χ1) is 9.74. The molecular weight excluding hydrogens is 262 g/mol. The van der Waals surface area contributed by atoms with Crippen molar-refractivity contribution in [2.75, 3.05) is 5.32 Å². The lowest BCUT2D eigenvalue weighted by Gasteiger charge is -2.20. The molecule has 0 aliphatic rings. The predicted octanol–water partition coefficient (Wildman–Crippen LogP) is 3.54. The van der Waals surface area contributed by atoms with Crippen LogP contribution < -0.4 is 10.6 Å². The number of para-hydroxylation sites is 1. The lowest BCUT2D eigenvalue weighted by molar-refractivity contribution is -0.118. The molecule has 0 fully saturated rings. The summed E-state index contributed by atoms with van der Waals surface area (Å²) in [6.45, 7) is 9.83. The number of carbonyl (C=O) groups excluding carboxylic acids is 1. The molecule has 0 bridgehead atoms. The maximum Gasteiger partial charge on any atom is 0.263 e. The Morgan fingerprint density at radius 1 is 1.29 bits per heavy atom. The molecule has 0 aliphatic carbocycles. The molecule has 0 aliphatic heterocycles. The van der Waals surface area contributed by atoms with Crippen LogP contribution in [0.2, 0.25) is 0 Å². The number of nitrogens with zero attached hydrogens (tertiary/aromatic N) is 1. The zero-order chi connectivity index (χ0) is 16.0. The molecule has 0 atom stereocenters. The van der Waals surface area contributed by atoms with E-state index in [1.165, 1.54) is 6.20 Å². The van der Waals surface area contributed by atoms with E-state index >= 15 is 0 Å². The highest BCUT2D eigenvalue weighted by Gasteiger charge is 2.17. The van der Waals surface area contributed by atoms with Gasteiger partial charge < -0.3 is 10.6 Å². The molecule has 21 heavy (non-hydrogen) atoms. The molecule has 0 saturated heterocycles. The van der Waals surface area contributed by atoms with Crippen LogP contribution >= 0.6 is 0 Å². The van der Waals surface area contributed by atoms with Gasteiger partial charge in [-0.05, 0) is 38.3 Å². The molecule has 112 valence electrons. The van der Waals surface area contributed by atoms with E-state index in [0.29, 0.717) is 5.92 Å². The van der Waals surface area contributed by atoms with E-state index in [2.05, 4.69) is 24.5 Å². The quantitative estimate of drug-likeness (QED) is 0.657. The Morgan fingerprint density at radius 2 is 1.90 bits per heavy atom. The maximum absolute atomic E-state index is 12.0. The SMILES string of the molecule is CC(C)c1ccccc1N/C=C(/C#N)C(=O)NC(C)(C)C. The van der Waals surface area contributed by atoms with Crippen LogP contribution in [0, 0.1) is 11.3 Å². The average molecular weight is 285 g/mol. The first kappa shape index (κ1) is 16.8. The van der Waals surface area contributed by atoms with Gasteiger partial charge in [0.2, 0.25) is 0 Å². The van der Waals surface area contributed by atoms with E-state index in [4.69, 9.17) is 5.26 Å². The van der Waals surface area contributed by atoms with Gasteiger partial charge in [-0.1, -0.05) is 32.0 Å². The molecule has 1 amide bonds. The number of hydrogen-bond acceptors (Lipinski definition) is 3. The van der Waals surface area contributed by atoms with Gasteiger partial charge in [-0.15, -0.1) is 0 Å². The van der Waals surface area contributed by atoms with Crippen molar-refractivity contribution in [3.8, 4) is 6.07 Å². The second-order valence-corrected chi connectivity index (χ2v) is 6.26. The molecule has 0 radical (unpaired) electrons. The summed E-state index contributed by atoms with van der Waals surface area (Å²) in [7, 11) is 0. The summed E-state index contributed by atoms with van der Waals surface area (Å²) >= 11 is 0. The highest BCUT2D eigenvalue weighted by atomic mass is 16.1. The lowest BCUT2D eigenvalue weighted by Crippen LogP contribution is -2.41. The fraction of sp³-hybridized carbons (Fsp3) is 0.412. The van der Waals surface area contributed by atoms with Gasteiger partial charge in [0.05, 0.1) is 0 Å². The standard InChI is InChI=1S/C17H23N3O/c1-12(2)14-8-6-7-9-15(14)19-11-13(10-18)16(21)20-17(3,4)5/h6-9,11-12,19H,1-5H3,(H,20,21)/b13-11-. The molecule has 0 heterocycles. The molecule has 0 unspecified atom stereocenters. The summed E-state index contributed by atoms with van der Waals surface area (Å²) in [5.41, 5.74) is 1.73. The number of hydrogen-bond donors (Lipinski definition) is 2. The van der Waals surface area contributed by atoms with Crippen LogP contribution in [0.15, 0.2) is 36.0 Å². The second kappa shape index (κ2) is 6.94. The van der Waals surface area contributed by atoms with Crippen LogP contribution in [-0.2, 0) is 4.79 Å². The number of nitrogens with one attached hydrogen (secondary N) is 2. The summed E-state index contributed by atoms with van der Waals surface area (Å²) in [5.74, 6) is -0.0180. The molecule has 2 N–H and O–H groups in total. The minimum absolute atomic E-state index is 0.0588. The van der Waals surface area contributed by atoms with E-state index < -0.39 is 0 Å². The van der Waals surface area contributed by atoms with Gasteiger partial charge in [-0.25, -0.2) is 0 Å². The van der Waals surface area contributed by atoms with Crippen LogP contribution in [0.4, 0.5) is 5.69 Å². The predicted molar refractivity (Wildman–Crippen MR) is 85.7 cm³/mol. The number of carbonyl (C=O) groups is 1. The third-order valence-corrected chi connectivity index (χ3v) is 2.81. The summed E-state index contributed by atoms with van der Waals surface area (Å²) in [6, 6.07) is 9.79. The van der Waals surface area contributed by atoms with Crippen molar-refractivity contribution in [2.24, 2.45) is 0 Å². The fourth-order valence-electron chi connectivity index (χ4n) is 1.84. The number of nitriles is 1. The van der Waals surface area contributed by atoms with Gasteiger partial charge >= 0.3 is 0 Å². The number of benzene rings is 1. The first-order valence-electron chi connectivity index (χ1n) is 7.03. The summed E-state index contributed by atoms with van der Waals surface area (Å²) in [6.07, 6.45) is 1.46. The van der Waals surface area contributed by atoms with E-state index in [1.807, 2.05) is 51.1 Å². The zero-order valence-corrected chi connectivity index (χ0v) is 13.3. The molecule has 0 saturated carbocycles. The Balaban J connectivity index is 2.92. The fourth-order valence-corrected chi connectivity index (χ4v) is 1.84. The Hall–Kier alpha value is -2.28. The molecule has 0 aromatic heterocycles. The Bertz CT molecular complexity index is 574. The molecule has 1 aromatic carbocycles. The van der Waals surface area contributed by atoms with Crippen molar-refractivity contribution in [1.82, 2.24) is 5.32 Å². The lowest BCUT2D eigenvalue weighted by atomic mass is 10.0. The Morgan fingerprint density at radius 3 is 2.43 bits per heavy atom. The molecule has 1 aromatic rings. The third-order valence-electron chi connectivity index (χ3n) is 2.81. The van der Waals surface area contributed by atoms with Crippen molar-refractivity contribution < 1.29 is 4.79 Å². The molecule has 4 heteroatoms. The van der Waals surface area contributed by atoms with E-state index in [1.54, 1.807) is 0 Å². The van der Waals surface area contributed by atoms with E-state index in [-0.39, 0.29) is 17.0 Å². The van der Waals surface area contributed by atoms with Crippen LogP contribution in [0.3, 0.4) is 0 Å². The summed E-state index contributed by atoms with van der Waals surface area (Å²) in [4.78, 5) is 12.0. The summed E-state index contributed by atoms with van der Waals surface area (Å²) < 4.78 is 0. The number of rotatable bonds is 4. The average Bonchev–Trinajstić information content (AvgIpc) is 2.37. The monoisotopic (exact) mass is 285 g/mol. The minimum Gasteiger partial charge on any atom is -0.360 e. The van der Waals surface area contributed by atoms with Crippen molar-refractivity contribution in [2.45, 2.75) is 46.1 Å². The smallest absolute Gasteiger partial charge is 0.263 e. The van der Waals surface area contributed by atoms with E-state index in [9.17, 15) is 4.79 Å². The van der Waals surface area contributed by atoms with Crippen molar-refractivity contribution in [3.63, 3.8) is 0 Å². The highest BCUT2D eigenvalue weighted by Crippen LogP contribution is 2.23. The normalized spacial score (nSPS) is 12.0. The van der Waals surface area contributed by atoms with Crippen LogP contribution in [0.25, 0.3) is 0 Å². The number of anilines is 1. The van der Waals surface area contributed by atoms with Gasteiger partial charge in [0.1, 0.15) is 11.6 Å². The van der Waals surface area contributed by atoms with Gasteiger partial charge in [-0.2, -0.15) is 5.26 Å². The first-order valence-corrected chi connectivity index (χ1v) is 7.03. The summed E-state index contributed by atoms with van der Waals surface area (Å²) in [5, 5.41) is 15.0. The van der Waals surface area contributed by atoms with Gasteiger partial charge in [-0.3, -0.25) is 4.79 Å². The van der Waals surface area contributed by atoms with Crippen LogP contribution in [0.1, 0.15) is 46.1 Å². The second-order valence-electron chi connectivity index (χ2n) is 6.26. The molecule has 1 rings (SSSR count). The van der Waals surface area contributed by atoms with Crippen molar-refractivity contribution in [3.05, 3.63) is 41.6 Å². The van der Waals surface area contributed by atoms with Crippen molar-refractivity contribution in [1.29, 1.82) is 5.26 Å². The van der Waals surface area contributed by atoms with Gasteiger partial charge in [0.25, 0.3) is 5.91 Å².